The molecule has 34 heavy (non-hydrogen) atoms. The number of piperidine rings is 1. The average molecular weight is 465 g/mol. The second-order valence-corrected chi connectivity index (χ2v) is 9.24. The largest absolute Gasteiger partial charge is 0.476 e. The Bertz CT molecular complexity index is 1150. The van der Waals surface area contributed by atoms with Crippen LogP contribution in [-0.2, 0) is 4.74 Å². The highest BCUT2D eigenvalue weighted by Crippen LogP contribution is 2.34. The normalized spacial score (nSPS) is 16.2. The standard InChI is InChI=1S/C26H28N2O6/c1-26(2,3)34-25(31)28-15-7-8-18(16-28)23-27-21(24(29)30)22(33-23)17-11-13-20(14-12-17)32-19-9-5-4-6-10-19/h4-6,9-14,18H,7-8,15-16H2,1-3H3,(H,29,30). The maximum absolute atomic E-state index is 12.5. The van der Waals surface area contributed by atoms with Crippen LogP contribution in [0.25, 0.3) is 11.3 Å². The number of para-hydroxylation sites is 1. The Balaban J connectivity index is 1.54. The molecule has 0 radical (unpaired) electrons. The highest BCUT2D eigenvalue weighted by molar-refractivity contribution is 5.92. The Kier molecular flexibility index (Phi) is 6.58. The molecule has 1 N–H and O–H groups in total. The van der Waals surface area contributed by atoms with E-state index in [0.717, 1.165) is 12.8 Å². The van der Waals surface area contributed by atoms with Crippen molar-refractivity contribution in [1.82, 2.24) is 9.88 Å². The quantitative estimate of drug-likeness (QED) is 0.498. The topological polar surface area (TPSA) is 102 Å². The van der Waals surface area contributed by atoms with E-state index in [-0.39, 0.29) is 17.4 Å². The third-order valence-corrected chi connectivity index (χ3v) is 5.36. The van der Waals surface area contributed by atoms with Gasteiger partial charge in [0.05, 0.1) is 5.92 Å². The first-order valence-electron chi connectivity index (χ1n) is 11.2. The SMILES string of the molecule is CC(C)(C)OC(=O)N1CCCC(c2nc(C(=O)O)c(-c3ccc(Oc4ccccc4)cc3)o2)C1. The molecule has 0 spiro atoms. The minimum absolute atomic E-state index is 0.152. The van der Waals surface area contributed by atoms with E-state index in [2.05, 4.69) is 4.98 Å². The van der Waals surface area contributed by atoms with Crippen molar-refractivity contribution >= 4 is 12.1 Å². The molecule has 1 saturated heterocycles. The van der Waals surface area contributed by atoms with Gasteiger partial charge in [-0.1, -0.05) is 18.2 Å². The molecule has 1 fully saturated rings. The molecule has 1 atom stereocenters. The first-order valence-corrected chi connectivity index (χ1v) is 11.2. The monoisotopic (exact) mass is 464 g/mol. The van der Waals surface area contributed by atoms with Crippen molar-refractivity contribution in [3.63, 3.8) is 0 Å². The molecule has 178 valence electrons. The van der Waals surface area contributed by atoms with Crippen molar-refractivity contribution in [2.45, 2.75) is 45.1 Å². The van der Waals surface area contributed by atoms with Crippen molar-refractivity contribution in [3.05, 3.63) is 66.2 Å². The number of ether oxygens (including phenoxy) is 2. The van der Waals surface area contributed by atoms with Crippen LogP contribution in [0.5, 0.6) is 11.5 Å². The predicted molar refractivity (Wildman–Crippen MR) is 125 cm³/mol. The van der Waals surface area contributed by atoms with Crippen LogP contribution in [0.2, 0.25) is 0 Å². The van der Waals surface area contributed by atoms with E-state index in [1.165, 1.54) is 0 Å². The second-order valence-electron chi connectivity index (χ2n) is 9.24. The number of nitrogens with zero attached hydrogens (tertiary/aromatic N) is 2. The molecule has 1 aromatic heterocycles. The number of rotatable bonds is 5. The highest BCUT2D eigenvalue weighted by atomic mass is 16.6. The van der Waals surface area contributed by atoms with E-state index in [1.807, 2.05) is 51.1 Å². The maximum atomic E-state index is 12.5. The summed E-state index contributed by atoms with van der Waals surface area (Å²) in [6.45, 7) is 6.40. The van der Waals surface area contributed by atoms with E-state index in [9.17, 15) is 14.7 Å². The summed E-state index contributed by atoms with van der Waals surface area (Å²) in [5.41, 5.74) is -0.162. The van der Waals surface area contributed by atoms with Crippen LogP contribution in [0.4, 0.5) is 4.79 Å². The Hall–Kier alpha value is -3.81. The van der Waals surface area contributed by atoms with E-state index >= 15 is 0 Å². The summed E-state index contributed by atoms with van der Waals surface area (Å²) in [7, 11) is 0. The van der Waals surface area contributed by atoms with Crippen molar-refractivity contribution in [2.24, 2.45) is 0 Å². The average Bonchev–Trinajstić information content (AvgIpc) is 3.25. The third-order valence-electron chi connectivity index (χ3n) is 5.36. The molecule has 4 rings (SSSR count). The second kappa shape index (κ2) is 9.59. The Morgan fingerprint density at radius 2 is 1.74 bits per heavy atom. The minimum Gasteiger partial charge on any atom is -0.476 e. The summed E-state index contributed by atoms with van der Waals surface area (Å²) in [6, 6.07) is 16.4. The molecule has 3 aromatic rings. The number of carbonyl (C=O) groups is 2. The molecular weight excluding hydrogens is 436 g/mol. The number of amides is 1. The lowest BCUT2D eigenvalue weighted by Crippen LogP contribution is -2.42. The number of carboxylic acid groups (broad SMARTS) is 1. The van der Waals surface area contributed by atoms with Gasteiger partial charge in [0.2, 0.25) is 5.89 Å². The number of aromatic carboxylic acids is 1. The molecule has 8 nitrogen and oxygen atoms in total. The lowest BCUT2D eigenvalue weighted by atomic mass is 9.98. The van der Waals surface area contributed by atoms with Crippen LogP contribution in [0.15, 0.2) is 59.0 Å². The Morgan fingerprint density at radius 1 is 1.06 bits per heavy atom. The lowest BCUT2D eigenvalue weighted by Gasteiger charge is -2.32. The molecule has 1 amide bonds. The van der Waals surface area contributed by atoms with Gasteiger partial charge >= 0.3 is 12.1 Å². The molecule has 0 aliphatic carbocycles. The first-order chi connectivity index (χ1) is 16.2. The number of likely N-dealkylation sites (tertiary alicyclic amines) is 1. The van der Waals surface area contributed by atoms with Crippen molar-refractivity contribution in [3.8, 4) is 22.8 Å². The molecule has 8 heteroatoms. The van der Waals surface area contributed by atoms with Gasteiger partial charge in [0, 0.05) is 18.7 Å². The number of hydrogen-bond donors (Lipinski definition) is 1. The maximum Gasteiger partial charge on any atom is 0.410 e. The number of carbonyl (C=O) groups excluding carboxylic acids is 1. The van der Waals surface area contributed by atoms with E-state index in [4.69, 9.17) is 13.9 Å². The third kappa shape index (κ3) is 5.57. The van der Waals surface area contributed by atoms with Gasteiger partial charge in [0.25, 0.3) is 0 Å². The van der Waals surface area contributed by atoms with Crippen LogP contribution >= 0.6 is 0 Å². The smallest absolute Gasteiger partial charge is 0.410 e. The molecule has 1 unspecified atom stereocenters. The number of carboxylic acids is 1. The van der Waals surface area contributed by atoms with Crippen molar-refractivity contribution in [1.29, 1.82) is 0 Å². The summed E-state index contributed by atoms with van der Waals surface area (Å²) < 4.78 is 17.3. The minimum atomic E-state index is -1.17. The van der Waals surface area contributed by atoms with Crippen LogP contribution in [0, 0.1) is 0 Å². The van der Waals surface area contributed by atoms with Crippen LogP contribution < -0.4 is 4.74 Å². The Morgan fingerprint density at radius 3 is 2.38 bits per heavy atom. The van der Waals surface area contributed by atoms with Gasteiger partial charge in [-0.3, -0.25) is 0 Å². The molecule has 0 saturated carbocycles. The summed E-state index contributed by atoms with van der Waals surface area (Å²) in [5, 5.41) is 9.72. The van der Waals surface area contributed by atoms with Crippen molar-refractivity contribution in [2.75, 3.05) is 13.1 Å². The van der Waals surface area contributed by atoms with Gasteiger partial charge in [-0.25, -0.2) is 14.6 Å². The van der Waals surface area contributed by atoms with E-state index in [0.29, 0.717) is 36.0 Å². The van der Waals surface area contributed by atoms with Crippen LogP contribution in [-0.4, -0.2) is 45.7 Å². The number of benzene rings is 2. The molecular formula is C26H28N2O6. The van der Waals surface area contributed by atoms with Gasteiger partial charge in [-0.15, -0.1) is 0 Å². The summed E-state index contributed by atoms with van der Waals surface area (Å²) in [5.74, 6) is 0.429. The van der Waals surface area contributed by atoms with Gasteiger partial charge in [0.1, 0.15) is 17.1 Å². The summed E-state index contributed by atoms with van der Waals surface area (Å²) >= 11 is 0. The predicted octanol–water partition coefficient (Wildman–Crippen LogP) is 5.95. The Labute approximate surface area is 198 Å². The molecule has 2 aromatic carbocycles. The first kappa shape index (κ1) is 23.4. The van der Waals surface area contributed by atoms with Gasteiger partial charge < -0.3 is 23.9 Å². The van der Waals surface area contributed by atoms with Crippen molar-refractivity contribution < 1.29 is 28.6 Å². The molecule has 0 bridgehead atoms. The zero-order valence-corrected chi connectivity index (χ0v) is 19.5. The lowest BCUT2D eigenvalue weighted by molar-refractivity contribution is 0.0190. The highest BCUT2D eigenvalue weighted by Gasteiger charge is 2.32. The fraction of sp³-hybridized carbons (Fsp3) is 0.346. The zero-order valence-electron chi connectivity index (χ0n) is 19.5. The van der Waals surface area contributed by atoms with E-state index < -0.39 is 17.7 Å². The fourth-order valence-electron chi connectivity index (χ4n) is 3.82. The van der Waals surface area contributed by atoms with E-state index in [1.54, 1.807) is 29.2 Å². The van der Waals surface area contributed by atoms with Gasteiger partial charge in [-0.05, 0) is 70.0 Å². The summed E-state index contributed by atoms with van der Waals surface area (Å²) in [6.07, 6.45) is 1.09. The molecule has 1 aliphatic rings. The van der Waals surface area contributed by atoms with Gasteiger partial charge in [-0.2, -0.15) is 0 Å². The van der Waals surface area contributed by atoms with Crippen LogP contribution in [0.1, 0.15) is 55.9 Å². The fourth-order valence-corrected chi connectivity index (χ4v) is 3.82. The summed E-state index contributed by atoms with van der Waals surface area (Å²) in [4.78, 5) is 30.3. The molecule has 1 aliphatic heterocycles. The van der Waals surface area contributed by atoms with Gasteiger partial charge in [0.15, 0.2) is 11.5 Å². The number of hydrogen-bond acceptors (Lipinski definition) is 6. The zero-order chi connectivity index (χ0) is 24.3. The molecule has 2 heterocycles. The number of oxazole rings is 1. The van der Waals surface area contributed by atoms with Crippen LogP contribution in [0.3, 0.4) is 0 Å². The number of aromatic nitrogens is 1.